The van der Waals surface area contributed by atoms with Gasteiger partial charge < -0.3 is 4.90 Å². The zero-order valence-electron chi connectivity index (χ0n) is 13.6. The topological polar surface area (TPSA) is 46.4 Å². The van der Waals surface area contributed by atoms with E-state index >= 15 is 0 Å². The first-order valence-electron chi connectivity index (χ1n) is 7.86. The van der Waals surface area contributed by atoms with Crippen molar-refractivity contribution in [2.75, 3.05) is 11.4 Å². The maximum atomic E-state index is 14.3. The van der Waals surface area contributed by atoms with Crippen LogP contribution >= 0.6 is 11.6 Å². The van der Waals surface area contributed by atoms with E-state index in [0.29, 0.717) is 24.5 Å². The van der Waals surface area contributed by atoms with Crippen molar-refractivity contribution in [1.82, 2.24) is 0 Å². The van der Waals surface area contributed by atoms with Gasteiger partial charge in [-0.1, -0.05) is 17.7 Å². The summed E-state index contributed by atoms with van der Waals surface area (Å²) in [6, 6.07) is 4.19. The molecule has 1 fully saturated rings. The Kier molecular flexibility index (Phi) is 4.98. The van der Waals surface area contributed by atoms with Gasteiger partial charge in [-0.25, -0.2) is 8.78 Å². The number of nitro benzene ring substituents is 1. The summed E-state index contributed by atoms with van der Waals surface area (Å²) in [5.74, 6) is -2.79. The quantitative estimate of drug-likeness (QED) is 0.363. The van der Waals surface area contributed by atoms with Crippen molar-refractivity contribution in [3.05, 3.63) is 68.2 Å². The second kappa shape index (κ2) is 6.95. The first-order valence-corrected chi connectivity index (χ1v) is 8.24. The summed E-state index contributed by atoms with van der Waals surface area (Å²) in [5.41, 5.74) is -1.88. The second-order valence-corrected chi connectivity index (χ2v) is 6.51. The highest BCUT2D eigenvalue weighted by atomic mass is 35.5. The van der Waals surface area contributed by atoms with Crippen LogP contribution < -0.4 is 4.90 Å². The van der Waals surface area contributed by atoms with Gasteiger partial charge in [0.15, 0.2) is 0 Å². The van der Waals surface area contributed by atoms with Crippen LogP contribution in [0.2, 0.25) is 5.02 Å². The van der Waals surface area contributed by atoms with E-state index in [-0.39, 0.29) is 29.0 Å². The molecule has 2 aromatic rings. The lowest BCUT2D eigenvalue weighted by Gasteiger charge is -2.28. The van der Waals surface area contributed by atoms with Gasteiger partial charge >= 0.3 is 6.18 Å². The average Bonchev–Trinajstić information content (AvgIpc) is 3.05. The van der Waals surface area contributed by atoms with Gasteiger partial charge in [0.2, 0.25) is 0 Å². The molecule has 0 saturated carbocycles. The van der Waals surface area contributed by atoms with Crippen LogP contribution in [0.15, 0.2) is 30.3 Å². The molecule has 1 heterocycles. The lowest BCUT2D eigenvalue weighted by Crippen LogP contribution is -2.24. The Morgan fingerprint density at radius 1 is 1.15 bits per heavy atom. The molecule has 0 aliphatic carbocycles. The van der Waals surface area contributed by atoms with Crippen molar-refractivity contribution in [3.63, 3.8) is 0 Å². The lowest BCUT2D eigenvalue weighted by molar-refractivity contribution is -0.384. The number of alkyl halides is 3. The van der Waals surface area contributed by atoms with E-state index in [1.165, 1.54) is 23.1 Å². The van der Waals surface area contributed by atoms with Gasteiger partial charge in [-0.15, -0.1) is 0 Å². The predicted molar refractivity (Wildman–Crippen MR) is 88.8 cm³/mol. The van der Waals surface area contributed by atoms with E-state index < -0.39 is 34.3 Å². The minimum Gasteiger partial charge on any atom is -0.362 e. The number of benzene rings is 2. The first-order chi connectivity index (χ1) is 12.6. The highest BCUT2D eigenvalue weighted by Gasteiger charge is 2.37. The van der Waals surface area contributed by atoms with E-state index in [9.17, 15) is 32.1 Å². The molecule has 27 heavy (non-hydrogen) atoms. The molecule has 0 amide bonds. The predicted octanol–water partition coefficient (Wildman–Crippen LogP) is 5.89. The van der Waals surface area contributed by atoms with Crippen molar-refractivity contribution >= 4 is 23.0 Å². The number of hydrogen-bond donors (Lipinski definition) is 0. The van der Waals surface area contributed by atoms with Gasteiger partial charge in [0.05, 0.1) is 22.2 Å². The van der Waals surface area contributed by atoms with Crippen LogP contribution in [0.5, 0.6) is 0 Å². The minimum atomic E-state index is -5.01. The van der Waals surface area contributed by atoms with E-state index in [1.54, 1.807) is 0 Å². The average molecular weight is 407 g/mol. The second-order valence-electron chi connectivity index (χ2n) is 6.10. The minimum absolute atomic E-state index is 0.0694. The van der Waals surface area contributed by atoms with Gasteiger partial charge in [0, 0.05) is 18.7 Å². The molecule has 1 atom stereocenters. The number of hydrogen-bond acceptors (Lipinski definition) is 3. The van der Waals surface area contributed by atoms with Gasteiger partial charge in [-0.3, -0.25) is 10.1 Å². The first kappa shape index (κ1) is 19.3. The lowest BCUT2D eigenvalue weighted by atomic mass is 10.0. The standard InChI is InChI=1S/C17H12ClF5N2O2/c18-11-4-3-9(6-15(11)25(26)27)14-2-1-5-24(14)16-8-12(19)10(7-13(16)20)17(21,22)23/h3-4,6-8,14H,1-2,5H2. The van der Waals surface area contributed by atoms with Crippen LogP contribution in [-0.2, 0) is 6.18 Å². The van der Waals surface area contributed by atoms with E-state index in [4.69, 9.17) is 11.6 Å². The number of nitro groups is 1. The monoisotopic (exact) mass is 406 g/mol. The maximum absolute atomic E-state index is 14.3. The zero-order valence-corrected chi connectivity index (χ0v) is 14.3. The van der Waals surface area contributed by atoms with Crippen molar-refractivity contribution in [2.24, 2.45) is 0 Å². The Labute approximate surface area is 155 Å². The van der Waals surface area contributed by atoms with Crippen molar-refractivity contribution in [3.8, 4) is 0 Å². The fourth-order valence-corrected chi connectivity index (χ4v) is 3.44. The molecule has 2 aromatic carbocycles. The third kappa shape index (κ3) is 3.69. The van der Waals surface area contributed by atoms with Crippen LogP contribution in [0.25, 0.3) is 0 Å². The van der Waals surface area contributed by atoms with Gasteiger partial charge in [-0.2, -0.15) is 13.2 Å². The summed E-state index contributed by atoms with van der Waals surface area (Å²) in [6.07, 6.45) is -3.98. The molecule has 1 unspecified atom stereocenters. The number of anilines is 1. The summed E-state index contributed by atoms with van der Waals surface area (Å²) in [4.78, 5) is 11.8. The van der Waals surface area contributed by atoms with E-state index in [1.807, 2.05) is 0 Å². The smallest absolute Gasteiger partial charge is 0.362 e. The molecule has 3 rings (SSSR count). The molecule has 10 heteroatoms. The van der Waals surface area contributed by atoms with Crippen LogP contribution in [-0.4, -0.2) is 11.5 Å². The SMILES string of the molecule is O=[N+]([O-])c1cc(C2CCCN2c2cc(F)c(C(F)(F)F)cc2F)ccc1Cl. The Balaban J connectivity index is 2.02. The molecule has 1 aliphatic heterocycles. The molecule has 4 nitrogen and oxygen atoms in total. The molecule has 1 saturated heterocycles. The molecule has 0 N–H and O–H groups in total. The Morgan fingerprint density at radius 3 is 2.48 bits per heavy atom. The molecule has 0 aromatic heterocycles. The van der Waals surface area contributed by atoms with Crippen LogP contribution in [0.1, 0.15) is 30.0 Å². The molecule has 0 radical (unpaired) electrons. The fourth-order valence-electron chi connectivity index (χ4n) is 3.25. The third-order valence-electron chi connectivity index (χ3n) is 4.46. The molecule has 1 aliphatic rings. The summed E-state index contributed by atoms with van der Waals surface area (Å²) < 4.78 is 66.5. The maximum Gasteiger partial charge on any atom is 0.419 e. The van der Waals surface area contributed by atoms with E-state index in [0.717, 1.165) is 0 Å². The zero-order chi connectivity index (χ0) is 19.9. The summed E-state index contributed by atoms with van der Waals surface area (Å²) in [6.45, 7) is 0.267. The summed E-state index contributed by atoms with van der Waals surface area (Å²) in [7, 11) is 0. The van der Waals surface area contributed by atoms with Gasteiger partial charge in [0.1, 0.15) is 16.7 Å². The largest absolute Gasteiger partial charge is 0.419 e. The van der Waals surface area contributed by atoms with Crippen LogP contribution in [0.3, 0.4) is 0 Å². The Bertz CT molecular complexity index is 904. The van der Waals surface area contributed by atoms with Gasteiger partial charge in [0.25, 0.3) is 5.69 Å². The normalized spacial score (nSPS) is 17.4. The molecular weight excluding hydrogens is 395 g/mol. The third-order valence-corrected chi connectivity index (χ3v) is 4.78. The molecular formula is C17H12ClF5N2O2. The van der Waals surface area contributed by atoms with Gasteiger partial charge in [-0.05, 0) is 30.5 Å². The van der Waals surface area contributed by atoms with Crippen molar-refractivity contribution in [1.29, 1.82) is 0 Å². The Hall–Kier alpha value is -2.42. The Morgan fingerprint density at radius 2 is 1.85 bits per heavy atom. The number of nitrogens with zero attached hydrogens (tertiary/aromatic N) is 2. The summed E-state index contributed by atoms with van der Waals surface area (Å²) in [5, 5.41) is 11.0. The van der Waals surface area contributed by atoms with Crippen LogP contribution in [0.4, 0.5) is 33.3 Å². The molecule has 0 bridgehead atoms. The van der Waals surface area contributed by atoms with Crippen molar-refractivity contribution in [2.45, 2.75) is 25.1 Å². The molecule has 0 spiro atoms. The number of halogens is 6. The van der Waals surface area contributed by atoms with Crippen LogP contribution in [0, 0.1) is 21.7 Å². The van der Waals surface area contributed by atoms with E-state index in [2.05, 4.69) is 0 Å². The highest BCUT2D eigenvalue weighted by Crippen LogP contribution is 2.41. The molecule has 144 valence electrons. The fraction of sp³-hybridized carbons (Fsp3) is 0.294. The summed E-state index contributed by atoms with van der Waals surface area (Å²) >= 11 is 5.79. The highest BCUT2D eigenvalue weighted by molar-refractivity contribution is 6.32. The van der Waals surface area contributed by atoms with Crippen molar-refractivity contribution < 1.29 is 26.9 Å². The number of rotatable bonds is 3.